The van der Waals surface area contributed by atoms with E-state index in [2.05, 4.69) is 281 Å². The van der Waals surface area contributed by atoms with E-state index in [0.717, 1.165) is 129 Å². The topological polar surface area (TPSA) is 48.9 Å². The molecule has 6 heteroatoms. The number of nitrogens with zero attached hydrogens (tertiary/aromatic N) is 4. The van der Waals surface area contributed by atoms with Gasteiger partial charge in [-0.05, 0) is 161 Å². The standard InChI is InChI=1S/C70H49N5O/c1-5-26-55(27-6-1)73(56-28-7-2-8-29-56)60-37-39-65-63(45-60)64-46-61(74(57-30-9-3-10-31-57)58-32-11-4-12-33-58)38-40-66(64)75(65)59-34-18-24-53(44-59)51-22-16-20-49(42-51)48-19-15-21-50(41-48)52-23-17-25-54(43-52)68-70-69(72-47-71-68)62-35-13-14-36-67(62)76-70/h1-46,72H,47H2. The second kappa shape index (κ2) is 19.0. The van der Waals surface area contributed by atoms with Crippen LogP contribution < -0.4 is 15.1 Å². The molecule has 0 unspecified atom stereocenters. The van der Waals surface area contributed by atoms with Crippen LogP contribution in [0, 0.1) is 0 Å². The summed E-state index contributed by atoms with van der Waals surface area (Å²) < 4.78 is 8.80. The van der Waals surface area contributed by atoms with Gasteiger partial charge in [0.25, 0.3) is 0 Å². The van der Waals surface area contributed by atoms with E-state index in [1.807, 2.05) is 18.2 Å². The van der Waals surface area contributed by atoms with Gasteiger partial charge in [-0.25, -0.2) is 0 Å². The molecule has 11 aromatic carbocycles. The third-order valence-electron chi connectivity index (χ3n) is 14.6. The van der Waals surface area contributed by atoms with E-state index < -0.39 is 0 Å². The summed E-state index contributed by atoms with van der Waals surface area (Å²) in [4.78, 5) is 9.58. The number of hydrogen-bond donors (Lipinski definition) is 1. The number of aliphatic imine (C=N–C) groups is 1. The van der Waals surface area contributed by atoms with Gasteiger partial charge in [0.15, 0.2) is 5.76 Å². The first-order valence-corrected chi connectivity index (χ1v) is 25.8. The number of aromatic nitrogens is 1. The molecule has 2 aromatic heterocycles. The maximum atomic E-state index is 6.38. The molecule has 13 aromatic rings. The number of furan rings is 1. The lowest BCUT2D eigenvalue weighted by molar-refractivity contribution is 0.604. The van der Waals surface area contributed by atoms with Gasteiger partial charge in [-0.15, -0.1) is 0 Å². The number of para-hydroxylation sites is 5. The van der Waals surface area contributed by atoms with Gasteiger partial charge in [-0.1, -0.05) is 152 Å². The molecule has 1 aliphatic rings. The number of hydrogen-bond acceptors (Lipinski definition) is 5. The van der Waals surface area contributed by atoms with Crippen molar-refractivity contribution in [3.05, 3.63) is 290 Å². The van der Waals surface area contributed by atoms with Gasteiger partial charge >= 0.3 is 0 Å². The summed E-state index contributed by atoms with van der Waals surface area (Å²) >= 11 is 0. The molecule has 1 aliphatic heterocycles. The lowest BCUT2D eigenvalue weighted by atomic mass is 9.94. The zero-order valence-electron chi connectivity index (χ0n) is 41.5. The molecule has 6 nitrogen and oxygen atoms in total. The van der Waals surface area contributed by atoms with Crippen LogP contribution in [-0.4, -0.2) is 16.9 Å². The smallest absolute Gasteiger partial charge is 0.177 e. The van der Waals surface area contributed by atoms with Crippen LogP contribution in [0.1, 0.15) is 11.3 Å². The summed E-state index contributed by atoms with van der Waals surface area (Å²) in [5.41, 5.74) is 20.5. The Morgan fingerprint density at radius 2 is 0.750 bits per heavy atom. The van der Waals surface area contributed by atoms with E-state index in [9.17, 15) is 0 Å². The third kappa shape index (κ3) is 8.06. The molecule has 0 saturated carbocycles. The van der Waals surface area contributed by atoms with Gasteiger partial charge in [0.2, 0.25) is 0 Å². The predicted octanol–water partition coefficient (Wildman–Crippen LogP) is 18.7. The highest BCUT2D eigenvalue weighted by Crippen LogP contribution is 2.44. The molecule has 0 fully saturated rings. The molecule has 360 valence electrons. The molecule has 0 saturated heterocycles. The minimum atomic E-state index is 0.498. The fourth-order valence-electron chi connectivity index (χ4n) is 11.1. The van der Waals surface area contributed by atoms with E-state index in [1.54, 1.807) is 0 Å². The Morgan fingerprint density at radius 1 is 0.342 bits per heavy atom. The third-order valence-corrected chi connectivity index (χ3v) is 14.6. The fraction of sp³-hybridized carbons (Fsp3) is 0.0143. The van der Waals surface area contributed by atoms with Crippen LogP contribution in [-0.2, 0) is 0 Å². The molecule has 0 bridgehead atoms. The van der Waals surface area contributed by atoms with Gasteiger partial charge in [-0.2, -0.15) is 0 Å². The van der Waals surface area contributed by atoms with Crippen LogP contribution in [0.25, 0.3) is 71.8 Å². The summed E-state index contributed by atoms with van der Waals surface area (Å²) in [5, 5.41) is 6.83. The minimum Gasteiger partial charge on any atom is -0.452 e. The van der Waals surface area contributed by atoms with Crippen LogP contribution in [0.3, 0.4) is 0 Å². The molecule has 3 heterocycles. The van der Waals surface area contributed by atoms with Gasteiger partial charge in [-0.3, -0.25) is 4.99 Å². The van der Waals surface area contributed by atoms with Gasteiger partial charge < -0.3 is 24.1 Å². The molecule has 14 rings (SSSR count). The quantitative estimate of drug-likeness (QED) is 0.140. The zero-order valence-corrected chi connectivity index (χ0v) is 41.5. The van der Waals surface area contributed by atoms with Crippen LogP contribution in [0.5, 0.6) is 0 Å². The first-order chi connectivity index (χ1) is 37.7. The maximum absolute atomic E-state index is 6.38. The average molecular weight is 976 g/mol. The molecule has 76 heavy (non-hydrogen) atoms. The summed E-state index contributed by atoms with van der Waals surface area (Å²) in [6.45, 7) is 0.498. The van der Waals surface area contributed by atoms with Gasteiger partial charge in [0, 0.05) is 61.5 Å². The number of rotatable bonds is 11. The Hall–Kier alpha value is -10.2. The molecular weight excluding hydrogens is 927 g/mol. The zero-order chi connectivity index (χ0) is 50.4. The van der Waals surface area contributed by atoms with Crippen molar-refractivity contribution in [1.82, 2.24) is 4.57 Å². The summed E-state index contributed by atoms with van der Waals surface area (Å²) in [6, 6.07) is 99.9. The summed E-state index contributed by atoms with van der Waals surface area (Å²) in [5.74, 6) is 0.781. The van der Waals surface area contributed by atoms with E-state index >= 15 is 0 Å². The molecule has 1 N–H and O–H groups in total. The van der Waals surface area contributed by atoms with Crippen molar-refractivity contribution < 1.29 is 4.42 Å². The number of anilines is 7. The Kier molecular flexibility index (Phi) is 11.1. The second-order valence-electron chi connectivity index (χ2n) is 19.2. The van der Waals surface area contributed by atoms with Crippen molar-refractivity contribution in [3.8, 4) is 39.1 Å². The number of fused-ring (bicyclic) bond motifs is 6. The molecular formula is C70H49N5O. The largest absolute Gasteiger partial charge is 0.452 e. The Morgan fingerprint density at radius 3 is 1.24 bits per heavy atom. The summed E-state index contributed by atoms with van der Waals surface area (Å²) in [6.07, 6.45) is 0. The van der Waals surface area contributed by atoms with Crippen molar-refractivity contribution in [1.29, 1.82) is 0 Å². The molecule has 0 spiro atoms. The molecule has 0 amide bonds. The van der Waals surface area contributed by atoms with Crippen molar-refractivity contribution in [2.45, 2.75) is 0 Å². The first-order valence-electron chi connectivity index (χ1n) is 25.8. The highest BCUT2D eigenvalue weighted by atomic mass is 16.3. The van der Waals surface area contributed by atoms with Crippen LogP contribution >= 0.6 is 0 Å². The fourth-order valence-corrected chi connectivity index (χ4v) is 11.1. The maximum Gasteiger partial charge on any atom is 0.177 e. The Bertz CT molecular complexity index is 4080. The van der Waals surface area contributed by atoms with Crippen LogP contribution in [0.4, 0.5) is 39.8 Å². The number of nitrogens with one attached hydrogen (secondary N) is 1. The van der Waals surface area contributed by atoms with E-state index in [-0.39, 0.29) is 0 Å². The van der Waals surface area contributed by atoms with Crippen molar-refractivity contribution in [2.75, 3.05) is 21.8 Å². The predicted molar refractivity (Wildman–Crippen MR) is 317 cm³/mol. The van der Waals surface area contributed by atoms with Crippen LogP contribution in [0.15, 0.2) is 288 Å². The van der Waals surface area contributed by atoms with Crippen LogP contribution in [0.2, 0.25) is 0 Å². The van der Waals surface area contributed by atoms with E-state index in [0.29, 0.717) is 6.67 Å². The summed E-state index contributed by atoms with van der Waals surface area (Å²) in [7, 11) is 0. The first kappa shape index (κ1) is 44.5. The Labute approximate surface area is 441 Å². The highest BCUT2D eigenvalue weighted by Gasteiger charge is 2.24. The minimum absolute atomic E-state index is 0.498. The van der Waals surface area contributed by atoms with E-state index in [4.69, 9.17) is 9.41 Å². The van der Waals surface area contributed by atoms with E-state index in [1.165, 1.54) is 0 Å². The molecule has 0 atom stereocenters. The number of benzene rings is 11. The normalized spacial score (nSPS) is 12.1. The SMILES string of the molecule is c1ccc(N(c2ccccc2)c2ccc3c(c2)c2cc(N(c4ccccc4)c4ccccc4)ccc2n3-c2cccc(-c3cccc(-c4cccc(-c5cccc(C6=NCNc7c6oc6ccccc76)c5)c4)c3)c2)cc1. The molecule has 0 aliphatic carbocycles. The lowest BCUT2D eigenvalue weighted by Gasteiger charge is -2.26. The van der Waals surface area contributed by atoms with Gasteiger partial charge in [0.05, 0.1) is 16.7 Å². The highest BCUT2D eigenvalue weighted by molar-refractivity contribution is 6.19. The average Bonchev–Trinajstić information content (AvgIpc) is 4.10. The monoisotopic (exact) mass is 975 g/mol. The van der Waals surface area contributed by atoms with Crippen molar-refractivity contribution >= 4 is 78.3 Å². The van der Waals surface area contributed by atoms with Gasteiger partial charge in [0.1, 0.15) is 18.0 Å². The Balaban J connectivity index is 0.855. The van der Waals surface area contributed by atoms with Crippen molar-refractivity contribution in [2.24, 2.45) is 4.99 Å². The lowest BCUT2D eigenvalue weighted by Crippen LogP contribution is -2.15. The van der Waals surface area contributed by atoms with Crippen molar-refractivity contribution in [3.63, 3.8) is 0 Å². The second-order valence-corrected chi connectivity index (χ2v) is 19.2. The molecule has 0 radical (unpaired) electrons.